The molecule has 4 nitrogen and oxygen atoms in total. The molecule has 2 rings (SSSR count). The molecule has 0 radical (unpaired) electrons. The monoisotopic (exact) mass is 230 g/mol. The number of phenols is 1. The summed E-state index contributed by atoms with van der Waals surface area (Å²) in [6.45, 7) is 2.36. The fourth-order valence-corrected chi connectivity index (χ4v) is 1.36. The van der Waals surface area contributed by atoms with Gasteiger partial charge in [-0.25, -0.2) is 0 Å². The molecule has 0 bridgehead atoms. The summed E-state index contributed by atoms with van der Waals surface area (Å²) in [5.41, 5.74) is 7.83. The van der Waals surface area contributed by atoms with Crippen molar-refractivity contribution in [1.82, 2.24) is 4.98 Å². The van der Waals surface area contributed by atoms with Crippen LogP contribution in [0.15, 0.2) is 36.5 Å². The first-order valence-corrected chi connectivity index (χ1v) is 5.28. The van der Waals surface area contributed by atoms with E-state index in [0.717, 1.165) is 11.3 Å². The second-order valence-corrected chi connectivity index (χ2v) is 3.84. The van der Waals surface area contributed by atoms with Gasteiger partial charge in [0.1, 0.15) is 18.1 Å². The molecule has 0 saturated heterocycles. The minimum atomic E-state index is 0.0609. The summed E-state index contributed by atoms with van der Waals surface area (Å²) in [4.78, 5) is 4.23. The van der Waals surface area contributed by atoms with Crippen LogP contribution in [0.4, 0.5) is 5.69 Å². The number of aromatic nitrogens is 1. The van der Waals surface area contributed by atoms with Crippen LogP contribution in [0.3, 0.4) is 0 Å². The fourth-order valence-electron chi connectivity index (χ4n) is 1.36. The van der Waals surface area contributed by atoms with E-state index in [0.29, 0.717) is 18.0 Å². The first-order chi connectivity index (χ1) is 8.15. The van der Waals surface area contributed by atoms with Gasteiger partial charge < -0.3 is 15.6 Å². The van der Waals surface area contributed by atoms with Crippen molar-refractivity contribution < 1.29 is 9.84 Å². The number of aromatic hydroxyl groups is 1. The molecule has 1 aromatic heterocycles. The lowest BCUT2D eigenvalue weighted by Gasteiger charge is -2.07. The Bertz CT molecular complexity index is 509. The number of nitrogens with two attached hydrogens (primary N) is 1. The number of nitrogen functional groups attached to an aromatic ring is 1. The van der Waals surface area contributed by atoms with Crippen LogP contribution in [-0.4, -0.2) is 10.1 Å². The van der Waals surface area contributed by atoms with E-state index in [-0.39, 0.29) is 5.75 Å². The van der Waals surface area contributed by atoms with E-state index in [9.17, 15) is 5.11 Å². The quantitative estimate of drug-likeness (QED) is 0.627. The summed E-state index contributed by atoms with van der Waals surface area (Å²) in [6.07, 6.45) is 1.80. The van der Waals surface area contributed by atoms with E-state index < -0.39 is 0 Å². The zero-order valence-corrected chi connectivity index (χ0v) is 9.55. The lowest BCUT2D eigenvalue weighted by Crippen LogP contribution is -1.98. The highest BCUT2D eigenvalue weighted by molar-refractivity contribution is 5.55. The van der Waals surface area contributed by atoms with E-state index in [1.165, 1.54) is 6.07 Å². The van der Waals surface area contributed by atoms with Gasteiger partial charge in [-0.2, -0.15) is 0 Å². The summed E-state index contributed by atoms with van der Waals surface area (Å²) in [5.74, 6) is 0.675. The number of aryl methyl sites for hydroxylation is 1. The fraction of sp³-hybridized carbons (Fsp3) is 0.154. The van der Waals surface area contributed by atoms with Crippen molar-refractivity contribution in [3.05, 3.63) is 47.8 Å². The van der Waals surface area contributed by atoms with E-state index in [1.54, 1.807) is 18.3 Å². The van der Waals surface area contributed by atoms with Gasteiger partial charge in [-0.05, 0) is 30.7 Å². The third-order valence-electron chi connectivity index (χ3n) is 2.36. The highest BCUT2D eigenvalue weighted by Crippen LogP contribution is 2.25. The highest BCUT2D eigenvalue weighted by Gasteiger charge is 2.01. The normalized spacial score (nSPS) is 10.2. The highest BCUT2D eigenvalue weighted by atomic mass is 16.5. The Morgan fingerprint density at radius 3 is 2.76 bits per heavy atom. The summed E-state index contributed by atoms with van der Waals surface area (Å²) in [6, 6.07) is 8.66. The summed E-state index contributed by atoms with van der Waals surface area (Å²) in [7, 11) is 0. The van der Waals surface area contributed by atoms with Crippen molar-refractivity contribution in [1.29, 1.82) is 0 Å². The molecule has 4 heteroatoms. The third kappa shape index (κ3) is 2.87. The Morgan fingerprint density at radius 1 is 1.29 bits per heavy atom. The molecular formula is C13H14N2O2. The Labute approximate surface area is 99.7 Å². The molecule has 1 aromatic carbocycles. The topological polar surface area (TPSA) is 68.4 Å². The van der Waals surface area contributed by atoms with Gasteiger partial charge in [0.05, 0.1) is 11.4 Å². The van der Waals surface area contributed by atoms with Crippen molar-refractivity contribution in [2.24, 2.45) is 0 Å². The van der Waals surface area contributed by atoms with Crippen LogP contribution < -0.4 is 10.5 Å². The lowest BCUT2D eigenvalue weighted by atomic mass is 10.2. The average molecular weight is 230 g/mol. The molecule has 2 aromatic rings. The van der Waals surface area contributed by atoms with E-state index >= 15 is 0 Å². The minimum Gasteiger partial charge on any atom is -0.506 e. The van der Waals surface area contributed by atoms with Crippen molar-refractivity contribution in [3.63, 3.8) is 0 Å². The standard InChI is InChI=1S/C13H14N2O2/c1-9-2-3-10(15-7-9)8-17-11-4-5-13(16)12(14)6-11/h2-7,16H,8,14H2,1H3. The zero-order valence-electron chi connectivity index (χ0n) is 9.55. The Morgan fingerprint density at radius 2 is 2.12 bits per heavy atom. The van der Waals surface area contributed by atoms with Crippen molar-refractivity contribution in [2.75, 3.05) is 5.73 Å². The third-order valence-corrected chi connectivity index (χ3v) is 2.36. The van der Waals surface area contributed by atoms with Gasteiger partial charge in [-0.1, -0.05) is 6.07 Å². The maximum Gasteiger partial charge on any atom is 0.138 e. The first-order valence-electron chi connectivity index (χ1n) is 5.28. The molecular weight excluding hydrogens is 216 g/mol. The van der Waals surface area contributed by atoms with Crippen molar-refractivity contribution in [3.8, 4) is 11.5 Å². The maximum atomic E-state index is 9.27. The first kappa shape index (κ1) is 11.3. The molecule has 17 heavy (non-hydrogen) atoms. The van der Waals surface area contributed by atoms with Gasteiger partial charge in [-0.3, -0.25) is 4.98 Å². The summed E-state index contributed by atoms with van der Waals surface area (Å²) < 4.78 is 5.51. The van der Waals surface area contributed by atoms with E-state index in [4.69, 9.17) is 10.5 Å². The number of rotatable bonds is 3. The van der Waals surface area contributed by atoms with E-state index in [2.05, 4.69) is 4.98 Å². The van der Waals surface area contributed by atoms with Crippen LogP contribution in [0.5, 0.6) is 11.5 Å². The van der Waals surface area contributed by atoms with Gasteiger partial charge in [0.15, 0.2) is 0 Å². The average Bonchev–Trinajstić information content (AvgIpc) is 2.33. The zero-order chi connectivity index (χ0) is 12.3. The molecule has 1 heterocycles. The molecule has 0 aliphatic heterocycles. The van der Waals surface area contributed by atoms with Crippen molar-refractivity contribution >= 4 is 5.69 Å². The maximum absolute atomic E-state index is 9.27. The van der Waals surface area contributed by atoms with E-state index in [1.807, 2.05) is 19.1 Å². The number of phenolic OH excluding ortho intramolecular Hbond substituents is 1. The Balaban J connectivity index is 2.02. The predicted molar refractivity (Wildman–Crippen MR) is 65.8 cm³/mol. The van der Waals surface area contributed by atoms with Crippen LogP contribution in [0.1, 0.15) is 11.3 Å². The van der Waals surface area contributed by atoms with Crippen LogP contribution >= 0.6 is 0 Å². The largest absolute Gasteiger partial charge is 0.506 e. The molecule has 0 amide bonds. The molecule has 0 aliphatic carbocycles. The smallest absolute Gasteiger partial charge is 0.138 e. The van der Waals surface area contributed by atoms with Gasteiger partial charge in [0.25, 0.3) is 0 Å². The number of benzene rings is 1. The molecule has 88 valence electrons. The van der Waals surface area contributed by atoms with Crippen LogP contribution in [-0.2, 0) is 6.61 Å². The Kier molecular flexibility index (Phi) is 3.14. The number of pyridine rings is 1. The number of hydrogen-bond acceptors (Lipinski definition) is 4. The number of hydrogen-bond donors (Lipinski definition) is 2. The second-order valence-electron chi connectivity index (χ2n) is 3.84. The molecule has 0 aliphatic rings. The Hall–Kier alpha value is -2.23. The van der Waals surface area contributed by atoms with Gasteiger partial charge >= 0.3 is 0 Å². The van der Waals surface area contributed by atoms with Crippen LogP contribution in [0.2, 0.25) is 0 Å². The number of nitrogens with zero attached hydrogens (tertiary/aromatic N) is 1. The number of anilines is 1. The molecule has 0 unspecified atom stereocenters. The number of ether oxygens (including phenoxy) is 1. The van der Waals surface area contributed by atoms with Gasteiger partial charge in [0.2, 0.25) is 0 Å². The predicted octanol–water partition coefficient (Wildman–Crippen LogP) is 2.26. The molecule has 0 spiro atoms. The molecule has 3 N–H and O–H groups in total. The van der Waals surface area contributed by atoms with Gasteiger partial charge in [0, 0.05) is 12.3 Å². The van der Waals surface area contributed by atoms with Gasteiger partial charge in [-0.15, -0.1) is 0 Å². The van der Waals surface area contributed by atoms with Crippen LogP contribution in [0.25, 0.3) is 0 Å². The summed E-state index contributed by atoms with van der Waals surface area (Å²) in [5, 5.41) is 9.27. The second kappa shape index (κ2) is 4.74. The lowest BCUT2D eigenvalue weighted by molar-refractivity contribution is 0.301. The van der Waals surface area contributed by atoms with Crippen molar-refractivity contribution in [2.45, 2.75) is 13.5 Å². The molecule has 0 saturated carbocycles. The summed E-state index contributed by atoms with van der Waals surface area (Å²) >= 11 is 0. The molecule has 0 atom stereocenters. The minimum absolute atomic E-state index is 0.0609. The van der Waals surface area contributed by atoms with Crippen LogP contribution in [0, 0.1) is 6.92 Å². The SMILES string of the molecule is Cc1ccc(COc2ccc(O)c(N)c2)nc1. The molecule has 0 fully saturated rings.